The molecule has 1 saturated carbocycles. The molecule has 2 aliphatic rings. The second-order valence-electron chi connectivity index (χ2n) is 7.34. The van der Waals surface area contributed by atoms with E-state index >= 15 is 0 Å². The van der Waals surface area contributed by atoms with Crippen LogP contribution in [0.2, 0.25) is 0 Å². The van der Waals surface area contributed by atoms with Crippen LogP contribution in [-0.2, 0) is 6.42 Å². The molecule has 1 aliphatic carbocycles. The van der Waals surface area contributed by atoms with E-state index < -0.39 is 0 Å². The van der Waals surface area contributed by atoms with Crippen LogP contribution in [0.5, 0.6) is 0 Å². The number of hydrogen-bond acceptors (Lipinski definition) is 4. The topological polar surface area (TPSA) is 59.0 Å². The molecule has 0 N–H and O–H groups in total. The van der Waals surface area contributed by atoms with Crippen LogP contribution in [0.25, 0.3) is 0 Å². The Hall–Kier alpha value is -2.30. The van der Waals surface area contributed by atoms with Gasteiger partial charge in [-0.05, 0) is 57.1 Å². The maximum Gasteiger partial charge on any atom is 0.256 e. The molecule has 3 heterocycles. The van der Waals surface area contributed by atoms with Crippen molar-refractivity contribution >= 4 is 5.91 Å². The molecule has 0 bridgehead atoms. The number of carbonyl (C=O) groups excluding carboxylic acids is 1. The molecule has 5 heteroatoms. The summed E-state index contributed by atoms with van der Waals surface area (Å²) in [7, 11) is 0. The van der Waals surface area contributed by atoms with E-state index in [0.717, 1.165) is 49.6 Å². The van der Waals surface area contributed by atoms with Gasteiger partial charge < -0.3 is 4.90 Å². The minimum atomic E-state index is 0.0595. The summed E-state index contributed by atoms with van der Waals surface area (Å²) in [4.78, 5) is 28.1. The highest BCUT2D eigenvalue weighted by atomic mass is 16.2. The van der Waals surface area contributed by atoms with E-state index in [1.165, 1.54) is 12.8 Å². The third-order valence-corrected chi connectivity index (χ3v) is 5.11. The number of aryl methyl sites for hydroxylation is 1. The lowest BCUT2D eigenvalue weighted by Gasteiger charge is -2.32. The largest absolute Gasteiger partial charge is 0.338 e. The van der Waals surface area contributed by atoms with Gasteiger partial charge >= 0.3 is 0 Å². The van der Waals surface area contributed by atoms with Gasteiger partial charge in [0.2, 0.25) is 0 Å². The Morgan fingerprint density at radius 3 is 2.72 bits per heavy atom. The lowest BCUT2D eigenvalue weighted by molar-refractivity contribution is 0.0672. The average Bonchev–Trinajstić information content (AvgIpc) is 3.47. The van der Waals surface area contributed by atoms with Crippen LogP contribution in [0, 0.1) is 12.8 Å². The monoisotopic (exact) mass is 336 g/mol. The van der Waals surface area contributed by atoms with E-state index in [1.54, 1.807) is 12.4 Å². The smallest absolute Gasteiger partial charge is 0.256 e. The van der Waals surface area contributed by atoms with E-state index in [2.05, 4.69) is 27.1 Å². The molecule has 1 saturated heterocycles. The van der Waals surface area contributed by atoms with Gasteiger partial charge in [-0.25, -0.2) is 9.97 Å². The summed E-state index contributed by atoms with van der Waals surface area (Å²) >= 11 is 0. The minimum Gasteiger partial charge on any atom is -0.338 e. The highest BCUT2D eigenvalue weighted by Gasteiger charge is 2.28. The first-order chi connectivity index (χ1) is 12.2. The van der Waals surface area contributed by atoms with E-state index in [0.29, 0.717) is 17.4 Å². The molecule has 130 valence electrons. The number of likely N-dealkylation sites (tertiary alicyclic amines) is 1. The van der Waals surface area contributed by atoms with Gasteiger partial charge in [0.05, 0.1) is 5.56 Å². The first-order valence-corrected chi connectivity index (χ1v) is 9.23. The number of piperidine rings is 1. The normalized spacial score (nSPS) is 20.5. The molecule has 2 aromatic heterocycles. The summed E-state index contributed by atoms with van der Waals surface area (Å²) in [5, 5.41) is 0. The zero-order valence-corrected chi connectivity index (χ0v) is 14.7. The molecular formula is C20H24N4O. The van der Waals surface area contributed by atoms with Crippen molar-refractivity contribution < 1.29 is 4.79 Å². The number of hydrogen-bond donors (Lipinski definition) is 0. The van der Waals surface area contributed by atoms with Gasteiger partial charge in [-0.1, -0.05) is 6.07 Å². The van der Waals surface area contributed by atoms with Gasteiger partial charge in [0.15, 0.2) is 0 Å². The van der Waals surface area contributed by atoms with Crippen molar-refractivity contribution in [2.45, 2.75) is 44.9 Å². The van der Waals surface area contributed by atoms with Gasteiger partial charge in [-0.15, -0.1) is 0 Å². The molecule has 1 atom stereocenters. The van der Waals surface area contributed by atoms with Crippen LogP contribution in [0.3, 0.4) is 0 Å². The van der Waals surface area contributed by atoms with Gasteiger partial charge in [0.25, 0.3) is 5.91 Å². The Morgan fingerprint density at radius 1 is 1.20 bits per heavy atom. The van der Waals surface area contributed by atoms with E-state index in [9.17, 15) is 4.79 Å². The van der Waals surface area contributed by atoms with Crippen molar-refractivity contribution in [1.82, 2.24) is 19.9 Å². The molecule has 1 aliphatic heterocycles. The number of nitrogens with zero attached hydrogens (tertiary/aromatic N) is 4. The summed E-state index contributed by atoms with van der Waals surface area (Å²) in [5.41, 5.74) is 2.78. The maximum absolute atomic E-state index is 12.8. The van der Waals surface area contributed by atoms with Gasteiger partial charge in [0, 0.05) is 42.8 Å². The van der Waals surface area contributed by atoms with Crippen molar-refractivity contribution in [2.75, 3.05) is 13.1 Å². The summed E-state index contributed by atoms with van der Waals surface area (Å²) in [6, 6.07) is 6.16. The quantitative estimate of drug-likeness (QED) is 0.860. The van der Waals surface area contributed by atoms with Gasteiger partial charge in [-0.2, -0.15) is 0 Å². The van der Waals surface area contributed by atoms with Crippen LogP contribution < -0.4 is 0 Å². The van der Waals surface area contributed by atoms with Crippen LogP contribution in [0.1, 0.15) is 59.2 Å². The number of carbonyl (C=O) groups is 1. The zero-order valence-electron chi connectivity index (χ0n) is 14.7. The minimum absolute atomic E-state index is 0.0595. The SMILES string of the molecule is Cc1cccc(C[C@H]2CCCN(C(=O)c3cnc(C4CC4)nc3)C2)n1. The standard InChI is InChI=1S/C20H24N4O/c1-14-4-2-6-18(23-14)10-15-5-3-9-24(13-15)20(25)17-11-21-19(22-12-17)16-7-8-16/h2,4,6,11-12,15-16H,3,5,7-10,13H2,1H3/t15-/m1/s1. The van der Waals surface area contributed by atoms with E-state index in [1.807, 2.05) is 17.9 Å². The van der Waals surface area contributed by atoms with Crippen molar-refractivity contribution in [3.05, 3.63) is 53.4 Å². The molecule has 0 aromatic carbocycles. The Bertz CT molecular complexity index is 755. The molecule has 0 spiro atoms. The summed E-state index contributed by atoms with van der Waals surface area (Å²) in [5.74, 6) is 1.94. The lowest BCUT2D eigenvalue weighted by Crippen LogP contribution is -2.40. The third-order valence-electron chi connectivity index (χ3n) is 5.11. The molecule has 5 nitrogen and oxygen atoms in total. The van der Waals surface area contributed by atoms with Gasteiger partial charge in [-0.3, -0.25) is 9.78 Å². The molecule has 2 aromatic rings. The van der Waals surface area contributed by atoms with Crippen LogP contribution in [-0.4, -0.2) is 38.8 Å². The molecule has 2 fully saturated rings. The fourth-order valence-corrected chi connectivity index (χ4v) is 3.61. The van der Waals surface area contributed by atoms with Gasteiger partial charge in [0.1, 0.15) is 5.82 Å². The highest BCUT2D eigenvalue weighted by Crippen LogP contribution is 2.37. The molecule has 0 unspecified atom stereocenters. The Labute approximate surface area is 148 Å². The van der Waals surface area contributed by atoms with Crippen molar-refractivity contribution in [2.24, 2.45) is 5.92 Å². The Balaban J connectivity index is 1.40. The summed E-state index contributed by atoms with van der Waals surface area (Å²) in [6.07, 6.45) is 8.88. The highest BCUT2D eigenvalue weighted by molar-refractivity contribution is 5.93. The van der Waals surface area contributed by atoms with E-state index in [-0.39, 0.29) is 5.91 Å². The van der Waals surface area contributed by atoms with Crippen molar-refractivity contribution in [3.8, 4) is 0 Å². The molecular weight excluding hydrogens is 312 g/mol. The zero-order chi connectivity index (χ0) is 17.2. The first kappa shape index (κ1) is 16.2. The predicted octanol–water partition coefficient (Wildman–Crippen LogP) is 3.15. The Morgan fingerprint density at radius 2 is 2.00 bits per heavy atom. The van der Waals surface area contributed by atoms with Crippen LogP contribution >= 0.6 is 0 Å². The lowest BCUT2D eigenvalue weighted by atomic mass is 9.93. The van der Waals surface area contributed by atoms with Crippen LogP contribution in [0.4, 0.5) is 0 Å². The fraction of sp³-hybridized carbons (Fsp3) is 0.500. The molecule has 1 amide bonds. The molecule has 0 radical (unpaired) electrons. The number of rotatable bonds is 4. The third kappa shape index (κ3) is 3.86. The second-order valence-corrected chi connectivity index (χ2v) is 7.34. The number of pyridine rings is 1. The Kier molecular flexibility index (Phi) is 4.47. The fourth-order valence-electron chi connectivity index (χ4n) is 3.61. The van der Waals surface area contributed by atoms with Crippen molar-refractivity contribution in [3.63, 3.8) is 0 Å². The summed E-state index contributed by atoms with van der Waals surface area (Å²) in [6.45, 7) is 3.63. The predicted molar refractivity (Wildman–Crippen MR) is 95.3 cm³/mol. The number of amides is 1. The first-order valence-electron chi connectivity index (χ1n) is 9.23. The maximum atomic E-state index is 12.8. The van der Waals surface area contributed by atoms with Crippen molar-refractivity contribution in [1.29, 1.82) is 0 Å². The molecule has 4 rings (SSSR count). The summed E-state index contributed by atoms with van der Waals surface area (Å²) < 4.78 is 0. The van der Waals surface area contributed by atoms with Crippen LogP contribution in [0.15, 0.2) is 30.6 Å². The number of aromatic nitrogens is 3. The second kappa shape index (κ2) is 6.90. The van der Waals surface area contributed by atoms with E-state index in [4.69, 9.17) is 0 Å². The average molecular weight is 336 g/mol. The molecule has 25 heavy (non-hydrogen) atoms.